The Morgan fingerprint density at radius 1 is 0.176 bits per heavy atom. The normalized spacial score (nSPS) is 11.5. The third-order valence-corrected chi connectivity index (χ3v) is 14.9. The Morgan fingerprint density at radius 2 is 0.392 bits per heavy atom. The molecule has 14 aromatic rings. The van der Waals surface area contributed by atoms with Gasteiger partial charge in [-0.2, -0.15) is 0 Å². The van der Waals surface area contributed by atoms with Gasteiger partial charge in [-0.1, -0.05) is 218 Å². The van der Waals surface area contributed by atoms with Crippen LogP contribution in [-0.2, 0) is 0 Å². The summed E-state index contributed by atoms with van der Waals surface area (Å²) < 4.78 is 0. The standard InChI is InChI=1S/C72H48N2/c1-5-27-54(28-6-1)73(55-29-7-2-8-30-55)71-64-41-21-17-37-60(64)69(61-38-18-22-42-65(61)71)52-46-51(68-58-35-15-13-25-49(58)45-50-26-14-16-36-59(50)68)47-53(48-52)70-62-39-19-23-43-66(62)72(67-44-24-20-40-63(67)70)74(56-31-9-3-10-32-56)57-33-11-4-12-34-57/h1-48H. The van der Waals surface area contributed by atoms with E-state index in [0.29, 0.717) is 0 Å². The van der Waals surface area contributed by atoms with Crippen LogP contribution in [0, 0.1) is 0 Å². The van der Waals surface area contributed by atoms with E-state index in [0.717, 1.165) is 45.3 Å². The van der Waals surface area contributed by atoms with Gasteiger partial charge < -0.3 is 9.80 Å². The van der Waals surface area contributed by atoms with Gasteiger partial charge in [-0.25, -0.2) is 0 Å². The van der Waals surface area contributed by atoms with Gasteiger partial charge in [0, 0.05) is 44.3 Å². The summed E-state index contributed by atoms with van der Waals surface area (Å²) in [6, 6.07) is 107. The molecule has 0 amide bonds. The monoisotopic (exact) mass is 940 g/mol. The molecule has 2 nitrogen and oxygen atoms in total. The van der Waals surface area contributed by atoms with Gasteiger partial charge in [0.05, 0.1) is 11.4 Å². The van der Waals surface area contributed by atoms with Gasteiger partial charge in [-0.3, -0.25) is 0 Å². The van der Waals surface area contributed by atoms with Crippen LogP contribution < -0.4 is 9.80 Å². The molecule has 0 saturated heterocycles. The van der Waals surface area contributed by atoms with Crippen LogP contribution in [0.5, 0.6) is 0 Å². The zero-order valence-corrected chi connectivity index (χ0v) is 40.6. The van der Waals surface area contributed by atoms with Crippen LogP contribution in [0.3, 0.4) is 0 Å². The second-order valence-electron chi connectivity index (χ2n) is 19.1. The second kappa shape index (κ2) is 18.1. The van der Waals surface area contributed by atoms with E-state index in [1.807, 2.05) is 0 Å². The van der Waals surface area contributed by atoms with Crippen molar-refractivity contribution in [1.29, 1.82) is 0 Å². The minimum atomic E-state index is 1.11. The molecule has 0 aliphatic carbocycles. The molecule has 0 aromatic heterocycles. The van der Waals surface area contributed by atoms with E-state index in [-0.39, 0.29) is 0 Å². The molecule has 0 unspecified atom stereocenters. The number of hydrogen-bond acceptors (Lipinski definition) is 2. The summed E-state index contributed by atoms with van der Waals surface area (Å²) in [5, 5.41) is 14.4. The lowest BCUT2D eigenvalue weighted by molar-refractivity contribution is 1.31. The maximum Gasteiger partial charge on any atom is 0.0618 e. The Hall–Kier alpha value is -9.76. The van der Waals surface area contributed by atoms with Gasteiger partial charge in [-0.15, -0.1) is 0 Å². The number of fused-ring (bicyclic) bond motifs is 6. The van der Waals surface area contributed by atoms with Gasteiger partial charge in [-0.05, 0) is 149 Å². The van der Waals surface area contributed by atoms with E-state index in [1.165, 1.54) is 86.9 Å². The topological polar surface area (TPSA) is 6.48 Å². The van der Waals surface area contributed by atoms with E-state index < -0.39 is 0 Å². The SMILES string of the molecule is c1ccc(N(c2ccccc2)c2c3ccccc3c(-c3cc(-c4c5ccccc5cc5ccccc45)cc(-c4c5ccccc5c(N(c5ccccc5)c5ccccc5)c5ccccc45)c3)c3ccccc23)cc1. The van der Waals surface area contributed by atoms with Crippen LogP contribution in [0.1, 0.15) is 0 Å². The lowest BCUT2D eigenvalue weighted by Gasteiger charge is -2.30. The van der Waals surface area contributed by atoms with Crippen molar-refractivity contribution in [2.24, 2.45) is 0 Å². The number of rotatable bonds is 9. The zero-order chi connectivity index (χ0) is 49.0. The summed E-state index contributed by atoms with van der Waals surface area (Å²) in [5.41, 5.74) is 13.9. The fourth-order valence-corrected chi connectivity index (χ4v) is 11.8. The average molecular weight is 941 g/mol. The van der Waals surface area contributed by atoms with Crippen molar-refractivity contribution < 1.29 is 0 Å². The maximum absolute atomic E-state index is 2.48. The van der Waals surface area contributed by atoms with Gasteiger partial charge in [0.25, 0.3) is 0 Å². The Bertz CT molecular complexity index is 3940. The van der Waals surface area contributed by atoms with Crippen molar-refractivity contribution in [3.05, 3.63) is 291 Å². The van der Waals surface area contributed by atoms with E-state index in [4.69, 9.17) is 0 Å². The highest BCUT2D eigenvalue weighted by atomic mass is 15.2. The van der Waals surface area contributed by atoms with Crippen LogP contribution in [0.15, 0.2) is 291 Å². The highest BCUT2D eigenvalue weighted by Gasteiger charge is 2.26. The molecule has 2 heteroatoms. The first-order valence-corrected chi connectivity index (χ1v) is 25.5. The van der Waals surface area contributed by atoms with Crippen LogP contribution in [-0.4, -0.2) is 0 Å². The molecule has 0 fully saturated rings. The molecule has 0 saturated carbocycles. The van der Waals surface area contributed by atoms with Crippen molar-refractivity contribution in [2.45, 2.75) is 0 Å². The highest BCUT2D eigenvalue weighted by Crippen LogP contribution is 2.52. The number of benzene rings is 14. The molecule has 14 rings (SSSR count). The fourth-order valence-electron chi connectivity index (χ4n) is 11.8. The van der Waals surface area contributed by atoms with Gasteiger partial charge in [0.2, 0.25) is 0 Å². The Kier molecular flexibility index (Phi) is 10.6. The average Bonchev–Trinajstić information content (AvgIpc) is 3.48. The smallest absolute Gasteiger partial charge is 0.0618 e. The third kappa shape index (κ3) is 7.19. The quantitative estimate of drug-likeness (QED) is 0.133. The van der Waals surface area contributed by atoms with Crippen molar-refractivity contribution >= 4 is 98.8 Å². The van der Waals surface area contributed by atoms with E-state index >= 15 is 0 Å². The van der Waals surface area contributed by atoms with Crippen LogP contribution in [0.2, 0.25) is 0 Å². The van der Waals surface area contributed by atoms with Crippen molar-refractivity contribution in [1.82, 2.24) is 0 Å². The Balaban J connectivity index is 1.12. The molecule has 0 atom stereocenters. The van der Waals surface area contributed by atoms with E-state index in [2.05, 4.69) is 301 Å². The number of anilines is 6. The predicted octanol–water partition coefficient (Wildman–Crippen LogP) is 20.5. The first-order valence-electron chi connectivity index (χ1n) is 25.5. The Morgan fingerprint density at radius 3 is 0.676 bits per heavy atom. The number of hydrogen-bond donors (Lipinski definition) is 0. The fraction of sp³-hybridized carbons (Fsp3) is 0. The molecule has 0 heterocycles. The van der Waals surface area contributed by atoms with Gasteiger partial charge in [0.15, 0.2) is 0 Å². The van der Waals surface area contributed by atoms with Crippen LogP contribution in [0.4, 0.5) is 34.1 Å². The largest absolute Gasteiger partial charge is 0.309 e. The summed E-state index contributed by atoms with van der Waals surface area (Å²) in [7, 11) is 0. The molecule has 74 heavy (non-hydrogen) atoms. The lowest BCUT2D eigenvalue weighted by atomic mass is 9.83. The molecular formula is C72H48N2. The Labute approximate surface area is 430 Å². The molecule has 346 valence electrons. The molecular weight excluding hydrogens is 893 g/mol. The molecule has 0 N–H and O–H groups in total. The summed E-state index contributed by atoms with van der Waals surface area (Å²) in [6.45, 7) is 0. The zero-order valence-electron chi connectivity index (χ0n) is 40.6. The third-order valence-electron chi connectivity index (χ3n) is 14.9. The summed E-state index contributed by atoms with van der Waals surface area (Å²) in [5.74, 6) is 0. The summed E-state index contributed by atoms with van der Waals surface area (Å²) in [4.78, 5) is 4.87. The maximum atomic E-state index is 2.48. The van der Waals surface area contributed by atoms with Crippen molar-refractivity contribution in [3.63, 3.8) is 0 Å². The van der Waals surface area contributed by atoms with Crippen LogP contribution >= 0.6 is 0 Å². The van der Waals surface area contributed by atoms with Crippen molar-refractivity contribution in [3.8, 4) is 33.4 Å². The second-order valence-corrected chi connectivity index (χ2v) is 19.1. The molecule has 0 bridgehead atoms. The molecule has 0 aliphatic rings. The summed E-state index contributed by atoms with van der Waals surface area (Å²) in [6.07, 6.45) is 0. The highest BCUT2D eigenvalue weighted by molar-refractivity contribution is 6.25. The predicted molar refractivity (Wildman–Crippen MR) is 317 cm³/mol. The lowest BCUT2D eigenvalue weighted by Crippen LogP contribution is -2.11. The minimum absolute atomic E-state index is 1.11. The molecule has 0 radical (unpaired) electrons. The van der Waals surface area contributed by atoms with E-state index in [1.54, 1.807) is 0 Å². The molecule has 14 aromatic carbocycles. The molecule has 0 spiro atoms. The number of para-hydroxylation sites is 4. The van der Waals surface area contributed by atoms with E-state index in [9.17, 15) is 0 Å². The van der Waals surface area contributed by atoms with Crippen LogP contribution in [0.25, 0.3) is 98.0 Å². The van der Waals surface area contributed by atoms with Crippen molar-refractivity contribution in [2.75, 3.05) is 9.80 Å². The minimum Gasteiger partial charge on any atom is -0.309 e. The summed E-state index contributed by atoms with van der Waals surface area (Å²) >= 11 is 0. The van der Waals surface area contributed by atoms with Gasteiger partial charge in [0.1, 0.15) is 0 Å². The first-order chi connectivity index (χ1) is 36.8. The number of nitrogens with zero attached hydrogens (tertiary/aromatic N) is 2. The first kappa shape index (κ1) is 43.1. The molecule has 0 aliphatic heterocycles. The van der Waals surface area contributed by atoms with Gasteiger partial charge >= 0.3 is 0 Å².